The predicted octanol–water partition coefficient (Wildman–Crippen LogP) is 2.58. The minimum atomic E-state index is -0.724. The van der Waals surface area contributed by atoms with E-state index in [9.17, 15) is 29.4 Å². The summed E-state index contributed by atoms with van der Waals surface area (Å²) in [6.45, 7) is 3.43. The maximum Gasteiger partial charge on any atom is 0.224 e. The smallest absolute Gasteiger partial charge is 0.224 e. The fourth-order valence-corrected chi connectivity index (χ4v) is 5.21. The van der Waals surface area contributed by atoms with E-state index in [1.165, 1.54) is 13.0 Å². The molecule has 0 radical (unpaired) electrons. The fourth-order valence-electron chi connectivity index (χ4n) is 5.21. The number of aliphatic hydroxyl groups excluding tert-OH is 1. The van der Waals surface area contributed by atoms with Gasteiger partial charge in [-0.2, -0.15) is 0 Å². The number of hydrogen-bond acceptors (Lipinski definition) is 6. The highest BCUT2D eigenvalue weighted by Gasteiger charge is 2.34. The van der Waals surface area contributed by atoms with Gasteiger partial charge in [0.1, 0.15) is 11.5 Å². The highest BCUT2D eigenvalue weighted by molar-refractivity contribution is 6.03. The standard InChI is InChI=1S/C28H34N2O6.H2O.2H2/c1-3-19(23(15-31)25(34)13-27(29)36)10-18-11-22-21(8-9-24(33)28(22)26(35)12-18)20-6-4-17(5-7-20)14-30-16(2)32;;;/h4-9,18-19,23,31,33H,3,10-15H2,1-2H3,(H2,29,36)(H,30,32);1H2;2*1H. The first-order valence-electron chi connectivity index (χ1n) is 12.3. The molecule has 2 aromatic carbocycles. The number of phenolic OH excluding ortho intramolecular Hbond substituents is 1. The van der Waals surface area contributed by atoms with E-state index >= 15 is 0 Å². The van der Waals surface area contributed by atoms with Gasteiger partial charge >= 0.3 is 0 Å². The molecule has 0 aliphatic heterocycles. The van der Waals surface area contributed by atoms with Gasteiger partial charge in [0.05, 0.1) is 18.6 Å². The Morgan fingerprint density at radius 3 is 2.38 bits per heavy atom. The average molecular weight is 517 g/mol. The predicted molar refractivity (Wildman–Crippen MR) is 143 cm³/mol. The number of rotatable bonds is 11. The van der Waals surface area contributed by atoms with Crippen molar-refractivity contribution in [2.45, 2.75) is 52.5 Å². The SMILES string of the molecule is CCC(CC1CC(=O)c2c(O)ccc(-c3ccc(CNC(C)=O)cc3)c2C1)C(CO)C(=O)CC(N)=O.O.[HH].[HH]. The van der Waals surface area contributed by atoms with Crippen LogP contribution in [0.3, 0.4) is 0 Å². The Balaban J connectivity index is 0.00000481. The second-order valence-electron chi connectivity index (χ2n) is 9.59. The summed E-state index contributed by atoms with van der Waals surface area (Å²) in [5, 5.41) is 23.1. The van der Waals surface area contributed by atoms with Gasteiger partial charge in [-0.25, -0.2) is 0 Å². The van der Waals surface area contributed by atoms with Crippen molar-refractivity contribution in [2.24, 2.45) is 23.5 Å². The molecule has 0 aromatic heterocycles. The Morgan fingerprint density at radius 1 is 1.14 bits per heavy atom. The molecule has 0 saturated heterocycles. The fraction of sp³-hybridized carbons (Fsp3) is 0.429. The number of ketones is 2. The number of carbonyl (C=O) groups is 4. The summed E-state index contributed by atoms with van der Waals surface area (Å²) >= 11 is 0. The molecule has 0 fully saturated rings. The lowest BCUT2D eigenvalue weighted by Crippen LogP contribution is -2.33. The van der Waals surface area contributed by atoms with Crippen molar-refractivity contribution >= 4 is 23.4 Å². The zero-order chi connectivity index (χ0) is 26.4. The van der Waals surface area contributed by atoms with Crippen molar-refractivity contribution < 1.29 is 37.7 Å². The molecule has 2 aromatic rings. The number of aromatic hydroxyl groups is 1. The summed E-state index contributed by atoms with van der Waals surface area (Å²) in [5.74, 6) is -2.39. The van der Waals surface area contributed by atoms with Crippen LogP contribution in [0.25, 0.3) is 11.1 Å². The first-order chi connectivity index (χ1) is 17.1. The van der Waals surface area contributed by atoms with E-state index in [1.54, 1.807) is 6.07 Å². The number of benzene rings is 2. The molecule has 9 heteroatoms. The molecule has 2 amide bonds. The molecule has 37 heavy (non-hydrogen) atoms. The number of nitrogens with two attached hydrogens (primary N) is 1. The van der Waals surface area contributed by atoms with Crippen molar-refractivity contribution in [3.05, 3.63) is 53.1 Å². The largest absolute Gasteiger partial charge is 0.507 e. The number of carbonyl (C=O) groups excluding carboxylic acids is 4. The maximum atomic E-state index is 13.1. The van der Waals surface area contributed by atoms with Gasteiger partial charge < -0.3 is 26.7 Å². The molecule has 1 aliphatic carbocycles. The number of amides is 2. The van der Waals surface area contributed by atoms with Crippen LogP contribution in [0.1, 0.15) is 63.9 Å². The lowest BCUT2D eigenvalue weighted by atomic mass is 9.72. The average Bonchev–Trinajstić information content (AvgIpc) is 2.82. The number of nitrogens with one attached hydrogen (secondary N) is 1. The quantitative estimate of drug-likeness (QED) is 0.333. The second-order valence-corrected chi connectivity index (χ2v) is 9.59. The molecule has 3 rings (SSSR count). The van der Waals surface area contributed by atoms with Gasteiger partial charge in [0.2, 0.25) is 11.8 Å². The van der Waals surface area contributed by atoms with Crippen molar-refractivity contribution in [1.29, 1.82) is 0 Å². The van der Waals surface area contributed by atoms with Gasteiger partial charge in [-0.15, -0.1) is 0 Å². The van der Waals surface area contributed by atoms with Crippen LogP contribution in [-0.2, 0) is 27.3 Å². The zero-order valence-corrected chi connectivity index (χ0v) is 21.3. The van der Waals surface area contributed by atoms with Gasteiger partial charge in [0.15, 0.2) is 5.78 Å². The maximum absolute atomic E-state index is 13.1. The number of fused-ring (bicyclic) bond motifs is 1. The molecule has 0 saturated carbocycles. The van der Waals surface area contributed by atoms with Crippen LogP contribution in [0.5, 0.6) is 5.75 Å². The molecule has 7 N–H and O–H groups in total. The van der Waals surface area contributed by atoms with E-state index in [0.29, 0.717) is 31.4 Å². The van der Waals surface area contributed by atoms with E-state index in [2.05, 4.69) is 5.32 Å². The van der Waals surface area contributed by atoms with Gasteiger partial charge in [-0.1, -0.05) is 43.7 Å². The number of hydrogen-bond donors (Lipinski definition) is 4. The molecule has 0 spiro atoms. The third kappa shape index (κ3) is 7.24. The van der Waals surface area contributed by atoms with Crippen LogP contribution in [-0.4, -0.2) is 45.7 Å². The van der Waals surface area contributed by atoms with E-state index in [4.69, 9.17) is 5.73 Å². The minimum absolute atomic E-state index is 0. The number of Topliss-reactive ketones (excluding diaryl/α,β-unsaturated/α-hetero) is 2. The van der Waals surface area contributed by atoms with Crippen LogP contribution in [0.15, 0.2) is 36.4 Å². The third-order valence-corrected chi connectivity index (χ3v) is 7.03. The molecule has 3 atom stereocenters. The molecular weight excluding hydrogens is 476 g/mol. The van der Waals surface area contributed by atoms with Gasteiger partial charge in [-0.3, -0.25) is 19.2 Å². The monoisotopic (exact) mass is 516 g/mol. The highest BCUT2D eigenvalue weighted by Crippen LogP contribution is 2.41. The van der Waals surface area contributed by atoms with Crippen molar-refractivity contribution in [2.75, 3.05) is 6.61 Å². The lowest BCUT2D eigenvalue weighted by molar-refractivity contribution is -0.131. The lowest BCUT2D eigenvalue weighted by Gasteiger charge is -2.31. The van der Waals surface area contributed by atoms with Gasteiger partial charge in [-0.05, 0) is 53.0 Å². The summed E-state index contributed by atoms with van der Waals surface area (Å²) in [6.07, 6.45) is 1.50. The van der Waals surface area contributed by atoms with E-state index < -0.39 is 18.2 Å². The van der Waals surface area contributed by atoms with E-state index in [0.717, 1.165) is 22.3 Å². The Bertz CT molecular complexity index is 1160. The van der Waals surface area contributed by atoms with Gasteiger partial charge in [0.25, 0.3) is 0 Å². The van der Waals surface area contributed by atoms with E-state index in [-0.39, 0.29) is 56.4 Å². The summed E-state index contributed by atoms with van der Waals surface area (Å²) in [4.78, 5) is 48.0. The minimum Gasteiger partial charge on any atom is -0.507 e. The van der Waals surface area contributed by atoms with E-state index in [1.807, 2.05) is 31.2 Å². The Morgan fingerprint density at radius 2 is 1.81 bits per heavy atom. The topological polar surface area (TPSA) is 178 Å². The second kappa shape index (κ2) is 13.1. The summed E-state index contributed by atoms with van der Waals surface area (Å²) in [6, 6.07) is 11.0. The molecule has 9 nitrogen and oxygen atoms in total. The van der Waals surface area contributed by atoms with Crippen LogP contribution < -0.4 is 11.1 Å². The first-order valence-corrected chi connectivity index (χ1v) is 12.3. The highest BCUT2D eigenvalue weighted by atomic mass is 16.3. The van der Waals surface area contributed by atoms with Crippen molar-refractivity contribution in [1.82, 2.24) is 5.32 Å². The molecule has 3 unspecified atom stereocenters. The number of aliphatic hydroxyl groups is 1. The van der Waals surface area contributed by atoms with Gasteiger partial charge in [0, 0.05) is 28.7 Å². The van der Waals surface area contributed by atoms with Crippen molar-refractivity contribution in [3.63, 3.8) is 0 Å². The zero-order valence-electron chi connectivity index (χ0n) is 21.3. The molecule has 204 valence electrons. The summed E-state index contributed by atoms with van der Waals surface area (Å²) < 4.78 is 0. The van der Waals surface area contributed by atoms with Crippen LogP contribution in [0.2, 0.25) is 0 Å². The first kappa shape index (κ1) is 29.7. The molecule has 0 heterocycles. The molecular formula is C28H40N2O7. The summed E-state index contributed by atoms with van der Waals surface area (Å²) in [5.41, 5.74) is 8.97. The number of phenols is 1. The third-order valence-electron chi connectivity index (χ3n) is 7.03. The molecule has 0 bridgehead atoms. The summed E-state index contributed by atoms with van der Waals surface area (Å²) in [7, 11) is 0. The van der Waals surface area contributed by atoms with Crippen LogP contribution in [0, 0.1) is 17.8 Å². The van der Waals surface area contributed by atoms with Crippen molar-refractivity contribution in [3.8, 4) is 16.9 Å². The number of primary amides is 1. The Hall–Kier alpha value is -3.56. The normalized spacial score (nSPS) is 16.2. The molecule has 1 aliphatic rings. The Kier molecular flexibility index (Phi) is 10.5. The van der Waals surface area contributed by atoms with Crippen LogP contribution in [0.4, 0.5) is 0 Å². The Labute approximate surface area is 219 Å². The van der Waals surface area contributed by atoms with Crippen LogP contribution >= 0.6 is 0 Å².